The first-order chi connectivity index (χ1) is 11.8. The van der Waals surface area contributed by atoms with Crippen molar-refractivity contribution in [1.29, 1.82) is 0 Å². The summed E-state index contributed by atoms with van der Waals surface area (Å²) >= 11 is 0. The third kappa shape index (κ3) is 3.32. The van der Waals surface area contributed by atoms with Gasteiger partial charge in [0.25, 0.3) is 0 Å². The van der Waals surface area contributed by atoms with Gasteiger partial charge in [-0.3, -0.25) is 4.79 Å². The average molecular weight is 367 g/mol. The first kappa shape index (κ1) is 18.4. The third-order valence-corrected chi connectivity index (χ3v) is 6.48. The maximum atomic E-state index is 13.2. The summed E-state index contributed by atoms with van der Waals surface area (Å²) in [6.07, 6.45) is 2.63. The van der Waals surface area contributed by atoms with E-state index >= 15 is 0 Å². The molecule has 1 N–H and O–H groups in total. The van der Waals surface area contributed by atoms with E-state index in [1.807, 2.05) is 6.92 Å². The van der Waals surface area contributed by atoms with Gasteiger partial charge in [0.2, 0.25) is 5.91 Å². The lowest BCUT2D eigenvalue weighted by Crippen LogP contribution is -2.50. The van der Waals surface area contributed by atoms with Crippen LogP contribution in [0.5, 0.6) is 0 Å². The van der Waals surface area contributed by atoms with Crippen LogP contribution in [0.2, 0.25) is 0 Å². The van der Waals surface area contributed by atoms with Crippen LogP contribution in [0.1, 0.15) is 31.7 Å². The Morgan fingerprint density at radius 3 is 2.40 bits per heavy atom. The molecule has 3 rings (SSSR count). The molecule has 1 aromatic carbocycles. The maximum absolute atomic E-state index is 13.2. The Morgan fingerprint density at radius 2 is 1.92 bits per heavy atom. The number of β-amino-alcohol motifs (C(OH)–C–C–N with tert-alkyl or cyclic N) is 1. The van der Waals surface area contributed by atoms with E-state index in [9.17, 15) is 18.3 Å². The fourth-order valence-corrected chi connectivity index (χ4v) is 4.41. The van der Waals surface area contributed by atoms with Gasteiger partial charge in [-0.25, -0.2) is 8.42 Å². The van der Waals surface area contributed by atoms with Crippen molar-refractivity contribution in [1.82, 2.24) is 4.90 Å². The Labute approximate surface area is 148 Å². The van der Waals surface area contributed by atoms with Crippen LogP contribution in [0.3, 0.4) is 0 Å². The minimum Gasteiger partial charge on any atom is -0.388 e. The molecule has 1 amide bonds. The number of likely N-dealkylation sites (tertiary alicyclic amines) is 1. The predicted octanol–water partition coefficient (Wildman–Crippen LogP) is 1.12. The van der Waals surface area contributed by atoms with E-state index in [1.54, 1.807) is 29.2 Å². The van der Waals surface area contributed by atoms with Crippen LogP contribution < -0.4 is 0 Å². The summed E-state index contributed by atoms with van der Waals surface area (Å²) in [5, 5.41) is 10.1. The predicted molar refractivity (Wildman–Crippen MR) is 93.1 cm³/mol. The highest BCUT2D eigenvalue weighted by atomic mass is 32.2. The number of benzene rings is 1. The highest BCUT2D eigenvalue weighted by Gasteiger charge is 2.50. The molecule has 25 heavy (non-hydrogen) atoms. The first-order valence-corrected chi connectivity index (χ1v) is 10.6. The fraction of sp³-hybridized carbons (Fsp3) is 0.611. The van der Waals surface area contributed by atoms with Crippen molar-refractivity contribution in [2.45, 2.75) is 48.7 Å². The van der Waals surface area contributed by atoms with E-state index in [0.717, 1.165) is 24.8 Å². The van der Waals surface area contributed by atoms with E-state index in [4.69, 9.17) is 4.74 Å². The number of aliphatic hydroxyl groups is 1. The number of aliphatic hydroxyl groups excluding tert-OH is 1. The Hall–Kier alpha value is -1.44. The van der Waals surface area contributed by atoms with Crippen molar-refractivity contribution in [2.24, 2.45) is 0 Å². The molecule has 2 aliphatic rings. The molecule has 0 radical (unpaired) electrons. The third-order valence-electron chi connectivity index (χ3n) is 5.36. The zero-order valence-electron chi connectivity index (χ0n) is 14.6. The molecule has 1 aromatic rings. The summed E-state index contributed by atoms with van der Waals surface area (Å²) < 4.78 is 28.8. The van der Waals surface area contributed by atoms with Gasteiger partial charge in [0, 0.05) is 26.0 Å². The Kier molecular flexibility index (Phi) is 4.92. The van der Waals surface area contributed by atoms with Crippen molar-refractivity contribution in [3.8, 4) is 0 Å². The maximum Gasteiger partial charge on any atom is 0.233 e. The summed E-state index contributed by atoms with van der Waals surface area (Å²) in [6, 6.07) is 6.64. The molecule has 0 unspecified atom stereocenters. The molecule has 0 aromatic heterocycles. The first-order valence-electron chi connectivity index (χ1n) is 8.67. The summed E-state index contributed by atoms with van der Waals surface area (Å²) in [4.78, 5) is 15.1. The Bertz CT molecular complexity index is 739. The Morgan fingerprint density at radius 1 is 1.28 bits per heavy atom. The minimum absolute atomic E-state index is 0.00658. The van der Waals surface area contributed by atoms with Gasteiger partial charge in [-0.05, 0) is 37.5 Å². The van der Waals surface area contributed by atoms with Crippen LogP contribution in [0.25, 0.3) is 0 Å². The summed E-state index contributed by atoms with van der Waals surface area (Å²) in [5.41, 5.74) is 0.252. The van der Waals surface area contributed by atoms with Gasteiger partial charge in [0.1, 0.15) is 6.10 Å². The second-order valence-corrected chi connectivity index (χ2v) is 9.02. The van der Waals surface area contributed by atoms with Crippen LogP contribution in [0.4, 0.5) is 0 Å². The monoisotopic (exact) mass is 367 g/mol. The van der Waals surface area contributed by atoms with Gasteiger partial charge in [-0.15, -0.1) is 0 Å². The average Bonchev–Trinajstić information content (AvgIpc) is 2.87. The molecule has 7 heteroatoms. The van der Waals surface area contributed by atoms with Crippen molar-refractivity contribution in [3.05, 3.63) is 29.8 Å². The van der Waals surface area contributed by atoms with E-state index in [2.05, 4.69) is 0 Å². The van der Waals surface area contributed by atoms with Gasteiger partial charge >= 0.3 is 0 Å². The molecule has 2 atom stereocenters. The van der Waals surface area contributed by atoms with Crippen molar-refractivity contribution in [3.63, 3.8) is 0 Å². The molecule has 2 fully saturated rings. The molecule has 1 heterocycles. The number of hydrogen-bond acceptors (Lipinski definition) is 5. The second-order valence-electron chi connectivity index (χ2n) is 7.00. The normalized spacial score (nSPS) is 25.6. The zero-order chi connectivity index (χ0) is 18.2. The number of rotatable bonds is 5. The van der Waals surface area contributed by atoms with Crippen molar-refractivity contribution < 1.29 is 23.1 Å². The number of sulfone groups is 1. The smallest absolute Gasteiger partial charge is 0.233 e. The molecular formula is C18H25NO5S. The standard InChI is InChI=1S/C18H25NO5S/c1-3-24-16-12-19(11-15(16)20)17(21)18(9-4-10-18)13-5-7-14(8-6-13)25(2,22)23/h5-8,15-16,20H,3-4,9-12H2,1-2H3/t15-,16-/m1/s1. The molecular weight excluding hydrogens is 342 g/mol. The summed E-state index contributed by atoms with van der Waals surface area (Å²) in [6.45, 7) is 3.06. The van der Waals surface area contributed by atoms with Crippen molar-refractivity contribution in [2.75, 3.05) is 26.0 Å². The van der Waals surface area contributed by atoms with Gasteiger partial charge in [0.15, 0.2) is 9.84 Å². The van der Waals surface area contributed by atoms with Crippen LogP contribution in [0.15, 0.2) is 29.2 Å². The lowest BCUT2D eigenvalue weighted by atomic mass is 9.63. The summed E-state index contributed by atoms with van der Waals surface area (Å²) in [5.74, 6) is 0.00658. The SMILES string of the molecule is CCO[C@@H]1CN(C(=O)C2(c3ccc(S(C)(=O)=O)cc3)CCC2)C[C@H]1O. The zero-order valence-corrected chi connectivity index (χ0v) is 15.5. The lowest BCUT2D eigenvalue weighted by molar-refractivity contribution is -0.140. The highest BCUT2D eigenvalue weighted by molar-refractivity contribution is 7.90. The molecule has 1 saturated carbocycles. The molecule has 1 saturated heterocycles. The number of nitrogens with zero attached hydrogens (tertiary/aromatic N) is 1. The molecule has 0 spiro atoms. The van der Waals surface area contributed by atoms with Crippen LogP contribution in [-0.2, 0) is 24.8 Å². The molecule has 1 aliphatic heterocycles. The van der Waals surface area contributed by atoms with Gasteiger partial charge in [-0.1, -0.05) is 18.6 Å². The summed E-state index contributed by atoms with van der Waals surface area (Å²) in [7, 11) is -3.26. The van der Waals surface area contributed by atoms with Crippen molar-refractivity contribution >= 4 is 15.7 Å². The van der Waals surface area contributed by atoms with E-state index < -0.39 is 21.4 Å². The van der Waals surface area contributed by atoms with E-state index in [-0.39, 0.29) is 23.5 Å². The highest BCUT2D eigenvalue weighted by Crippen LogP contribution is 2.46. The molecule has 138 valence electrons. The Balaban J connectivity index is 1.82. The van der Waals surface area contributed by atoms with Gasteiger partial charge in [-0.2, -0.15) is 0 Å². The number of amides is 1. The molecule has 6 nitrogen and oxygen atoms in total. The van der Waals surface area contributed by atoms with Crippen LogP contribution in [-0.4, -0.2) is 62.5 Å². The number of carbonyl (C=O) groups excluding carboxylic acids is 1. The topological polar surface area (TPSA) is 83.9 Å². The lowest BCUT2D eigenvalue weighted by Gasteiger charge is -2.43. The number of hydrogen-bond donors (Lipinski definition) is 1. The molecule has 1 aliphatic carbocycles. The van der Waals surface area contributed by atoms with E-state index in [0.29, 0.717) is 13.2 Å². The quantitative estimate of drug-likeness (QED) is 0.843. The van der Waals surface area contributed by atoms with Crippen LogP contribution in [0, 0.1) is 0 Å². The number of ether oxygens (including phenoxy) is 1. The molecule has 0 bridgehead atoms. The van der Waals surface area contributed by atoms with E-state index in [1.165, 1.54) is 6.26 Å². The number of carbonyl (C=O) groups is 1. The minimum atomic E-state index is -3.26. The van der Waals surface area contributed by atoms with Gasteiger partial charge < -0.3 is 14.7 Å². The largest absolute Gasteiger partial charge is 0.388 e. The van der Waals surface area contributed by atoms with Gasteiger partial charge in [0.05, 0.1) is 16.4 Å². The second kappa shape index (κ2) is 6.70. The van der Waals surface area contributed by atoms with Crippen LogP contribution >= 0.6 is 0 Å². The fourth-order valence-electron chi connectivity index (χ4n) is 3.78.